The first-order valence-electron chi connectivity index (χ1n) is 5.26. The highest BCUT2D eigenvalue weighted by Gasteiger charge is 2.30. The fourth-order valence-electron chi connectivity index (χ4n) is 1.72. The Kier molecular flexibility index (Phi) is 4.20. The minimum atomic E-state index is 0.538. The predicted molar refractivity (Wildman–Crippen MR) is 67.2 cm³/mol. The smallest absolute Gasteiger partial charge is 0.0701 e. The van der Waals surface area contributed by atoms with Crippen LogP contribution in [0.4, 0.5) is 0 Å². The molecule has 15 heavy (non-hydrogen) atoms. The minimum Gasteiger partial charge on any atom is -0.383 e. The summed E-state index contributed by atoms with van der Waals surface area (Å²) in [6.07, 6.45) is 2.71. The molecule has 1 saturated carbocycles. The second-order valence-corrected chi connectivity index (χ2v) is 6.53. The molecule has 1 fully saturated rings. The van der Waals surface area contributed by atoms with Crippen LogP contribution < -0.4 is 5.32 Å². The lowest BCUT2D eigenvalue weighted by molar-refractivity contribution is 0.157. The second-order valence-electron chi connectivity index (χ2n) is 3.99. The normalized spacial score (nSPS) is 18.0. The summed E-state index contributed by atoms with van der Waals surface area (Å²) in [7, 11) is 1.78. The molecule has 1 aromatic heterocycles. The molecule has 4 heteroatoms. The van der Waals surface area contributed by atoms with Crippen LogP contribution in [0.1, 0.15) is 17.7 Å². The highest BCUT2D eigenvalue weighted by atomic mass is 79.9. The van der Waals surface area contributed by atoms with Crippen LogP contribution in [0.2, 0.25) is 0 Å². The molecule has 1 unspecified atom stereocenters. The van der Waals surface area contributed by atoms with Crippen LogP contribution in [0.15, 0.2) is 15.9 Å². The summed E-state index contributed by atoms with van der Waals surface area (Å²) in [6, 6.07) is 4.80. The number of nitrogens with one attached hydrogen (secondary N) is 1. The number of methoxy groups -OCH3 is 1. The van der Waals surface area contributed by atoms with Crippen molar-refractivity contribution in [2.45, 2.75) is 25.4 Å². The first kappa shape index (κ1) is 11.6. The molecule has 1 heterocycles. The van der Waals surface area contributed by atoms with Crippen LogP contribution in [-0.4, -0.2) is 19.8 Å². The van der Waals surface area contributed by atoms with Gasteiger partial charge in [-0.2, -0.15) is 0 Å². The van der Waals surface area contributed by atoms with E-state index in [4.69, 9.17) is 4.74 Å². The molecule has 1 N–H and O–H groups in total. The quantitative estimate of drug-likeness (QED) is 0.869. The average molecular weight is 290 g/mol. The maximum absolute atomic E-state index is 5.23. The van der Waals surface area contributed by atoms with Gasteiger partial charge in [-0.15, -0.1) is 11.3 Å². The lowest BCUT2D eigenvalue weighted by Crippen LogP contribution is -2.34. The topological polar surface area (TPSA) is 21.3 Å². The van der Waals surface area contributed by atoms with Crippen LogP contribution in [0.3, 0.4) is 0 Å². The van der Waals surface area contributed by atoms with Crippen molar-refractivity contribution >= 4 is 27.3 Å². The number of thiophene rings is 1. The molecular formula is C11H16BrNOS. The molecule has 2 rings (SSSR count). The molecule has 0 spiro atoms. The van der Waals surface area contributed by atoms with Gasteiger partial charge in [0.15, 0.2) is 0 Å². The van der Waals surface area contributed by atoms with Crippen molar-refractivity contribution in [3.8, 4) is 0 Å². The van der Waals surface area contributed by atoms with E-state index >= 15 is 0 Å². The van der Waals surface area contributed by atoms with Gasteiger partial charge in [0.2, 0.25) is 0 Å². The Labute approximate surface area is 103 Å². The van der Waals surface area contributed by atoms with Crippen LogP contribution in [0.25, 0.3) is 0 Å². The Morgan fingerprint density at radius 1 is 1.60 bits per heavy atom. The monoisotopic (exact) mass is 289 g/mol. The Bertz CT molecular complexity index is 311. The lowest BCUT2D eigenvalue weighted by Gasteiger charge is -2.16. The molecule has 0 bridgehead atoms. The highest BCUT2D eigenvalue weighted by Crippen LogP contribution is 2.33. The number of hydrogen-bond acceptors (Lipinski definition) is 3. The average Bonchev–Trinajstić information content (AvgIpc) is 2.97. The van der Waals surface area contributed by atoms with Gasteiger partial charge in [0.25, 0.3) is 0 Å². The van der Waals surface area contributed by atoms with Gasteiger partial charge in [0.05, 0.1) is 10.4 Å². The summed E-state index contributed by atoms with van der Waals surface area (Å²) in [6.45, 7) is 1.79. The summed E-state index contributed by atoms with van der Waals surface area (Å²) in [4.78, 5) is 1.38. The van der Waals surface area contributed by atoms with Gasteiger partial charge in [0.1, 0.15) is 0 Å². The van der Waals surface area contributed by atoms with Crippen LogP contribution in [-0.2, 0) is 11.3 Å². The van der Waals surface area contributed by atoms with Crippen molar-refractivity contribution in [2.75, 3.05) is 13.7 Å². The molecule has 1 aromatic rings. The first-order chi connectivity index (χ1) is 7.29. The van der Waals surface area contributed by atoms with Gasteiger partial charge < -0.3 is 10.1 Å². The minimum absolute atomic E-state index is 0.538. The molecule has 1 atom stereocenters. The molecule has 2 nitrogen and oxygen atoms in total. The Morgan fingerprint density at radius 3 is 2.93 bits per heavy atom. The summed E-state index contributed by atoms with van der Waals surface area (Å²) in [5, 5.41) is 3.58. The summed E-state index contributed by atoms with van der Waals surface area (Å²) < 4.78 is 6.43. The zero-order valence-electron chi connectivity index (χ0n) is 8.83. The highest BCUT2D eigenvalue weighted by molar-refractivity contribution is 9.11. The largest absolute Gasteiger partial charge is 0.383 e. The maximum atomic E-state index is 5.23. The number of halogens is 1. The molecule has 84 valence electrons. The summed E-state index contributed by atoms with van der Waals surface area (Å²) in [5.74, 6) is 0.841. The Hall–Kier alpha value is 0.1000. The van der Waals surface area contributed by atoms with Gasteiger partial charge in [-0.25, -0.2) is 0 Å². The SMILES string of the molecule is COCC(NCc1ccc(Br)s1)C1CC1. The zero-order valence-corrected chi connectivity index (χ0v) is 11.2. The van der Waals surface area contributed by atoms with Crippen molar-refractivity contribution in [1.82, 2.24) is 5.32 Å². The molecule has 0 radical (unpaired) electrons. The molecule has 1 aliphatic carbocycles. The molecule has 0 aliphatic heterocycles. The van der Waals surface area contributed by atoms with E-state index in [2.05, 4.69) is 33.4 Å². The van der Waals surface area contributed by atoms with E-state index in [0.717, 1.165) is 19.1 Å². The van der Waals surface area contributed by atoms with Gasteiger partial charge in [-0.05, 0) is 46.8 Å². The van der Waals surface area contributed by atoms with E-state index in [1.165, 1.54) is 21.5 Å². The number of ether oxygens (including phenoxy) is 1. The van der Waals surface area contributed by atoms with Crippen LogP contribution >= 0.6 is 27.3 Å². The van der Waals surface area contributed by atoms with Crippen molar-refractivity contribution in [3.63, 3.8) is 0 Å². The zero-order chi connectivity index (χ0) is 10.7. The van der Waals surface area contributed by atoms with E-state index in [1.807, 2.05) is 0 Å². The fraction of sp³-hybridized carbons (Fsp3) is 0.636. The van der Waals surface area contributed by atoms with Gasteiger partial charge >= 0.3 is 0 Å². The van der Waals surface area contributed by atoms with Gasteiger partial charge in [-0.3, -0.25) is 0 Å². The fourth-order valence-corrected chi connectivity index (χ4v) is 3.15. The number of hydrogen-bond donors (Lipinski definition) is 1. The third-order valence-electron chi connectivity index (χ3n) is 2.70. The van der Waals surface area contributed by atoms with Gasteiger partial charge in [0, 0.05) is 24.6 Å². The molecule has 0 saturated heterocycles. The van der Waals surface area contributed by atoms with Crippen molar-refractivity contribution in [2.24, 2.45) is 5.92 Å². The van der Waals surface area contributed by atoms with E-state index in [-0.39, 0.29) is 0 Å². The van der Waals surface area contributed by atoms with E-state index in [1.54, 1.807) is 18.4 Å². The molecular weight excluding hydrogens is 274 g/mol. The molecule has 1 aliphatic rings. The van der Waals surface area contributed by atoms with Crippen molar-refractivity contribution in [3.05, 3.63) is 20.8 Å². The van der Waals surface area contributed by atoms with E-state index in [9.17, 15) is 0 Å². The van der Waals surface area contributed by atoms with Crippen molar-refractivity contribution < 1.29 is 4.74 Å². The predicted octanol–water partition coefficient (Wildman–Crippen LogP) is 3.03. The summed E-state index contributed by atoms with van der Waals surface area (Å²) >= 11 is 5.27. The lowest BCUT2D eigenvalue weighted by atomic mass is 10.2. The standard InChI is InChI=1S/C11H16BrNOS/c1-14-7-10(8-2-3-8)13-6-9-4-5-11(12)15-9/h4-5,8,10,13H,2-3,6-7H2,1H3. The van der Waals surface area contributed by atoms with E-state index < -0.39 is 0 Å². The maximum Gasteiger partial charge on any atom is 0.0701 e. The Morgan fingerprint density at radius 2 is 2.40 bits per heavy atom. The number of rotatable bonds is 6. The van der Waals surface area contributed by atoms with Crippen molar-refractivity contribution in [1.29, 1.82) is 0 Å². The van der Waals surface area contributed by atoms with Crippen LogP contribution in [0, 0.1) is 5.92 Å². The third-order valence-corrected chi connectivity index (χ3v) is 4.33. The molecule has 0 aromatic carbocycles. The third kappa shape index (κ3) is 3.55. The Balaban J connectivity index is 1.79. The van der Waals surface area contributed by atoms with Gasteiger partial charge in [-0.1, -0.05) is 0 Å². The second kappa shape index (κ2) is 5.43. The summed E-state index contributed by atoms with van der Waals surface area (Å²) in [5.41, 5.74) is 0. The van der Waals surface area contributed by atoms with E-state index in [0.29, 0.717) is 6.04 Å². The molecule has 0 amide bonds. The van der Waals surface area contributed by atoms with Crippen LogP contribution in [0.5, 0.6) is 0 Å². The first-order valence-corrected chi connectivity index (χ1v) is 6.87.